The van der Waals surface area contributed by atoms with Crippen molar-refractivity contribution in [1.82, 2.24) is 10.2 Å². The first-order chi connectivity index (χ1) is 7.27. The maximum absolute atomic E-state index is 10.9. The van der Waals surface area contributed by atoms with Gasteiger partial charge in [0.05, 0.1) is 5.92 Å². The van der Waals surface area contributed by atoms with Gasteiger partial charge >= 0.3 is 5.97 Å². The topological polar surface area (TPSA) is 52.6 Å². The van der Waals surface area contributed by atoms with Gasteiger partial charge in [-0.05, 0) is 12.8 Å². The third kappa shape index (κ3) is 2.58. The minimum Gasteiger partial charge on any atom is -0.481 e. The largest absolute Gasteiger partial charge is 0.481 e. The van der Waals surface area contributed by atoms with Crippen molar-refractivity contribution < 1.29 is 9.90 Å². The summed E-state index contributed by atoms with van der Waals surface area (Å²) in [7, 11) is 0. The Morgan fingerprint density at radius 1 is 1.40 bits per heavy atom. The number of piperazine rings is 1. The van der Waals surface area contributed by atoms with Crippen LogP contribution in [0.25, 0.3) is 0 Å². The van der Waals surface area contributed by atoms with Crippen LogP contribution in [0, 0.1) is 5.92 Å². The van der Waals surface area contributed by atoms with E-state index < -0.39 is 5.97 Å². The molecule has 4 heteroatoms. The van der Waals surface area contributed by atoms with E-state index in [0.717, 1.165) is 32.6 Å². The zero-order valence-corrected chi connectivity index (χ0v) is 8.85. The lowest BCUT2D eigenvalue weighted by molar-refractivity contribution is -0.142. The zero-order chi connectivity index (χ0) is 10.7. The Labute approximate surface area is 90.0 Å². The van der Waals surface area contributed by atoms with Crippen molar-refractivity contribution >= 4 is 5.97 Å². The quantitative estimate of drug-likeness (QED) is 0.644. The third-order valence-corrected chi connectivity index (χ3v) is 3.27. The first-order valence-electron chi connectivity index (χ1n) is 5.61. The summed E-state index contributed by atoms with van der Waals surface area (Å²) in [6.45, 7) is 4.09. The van der Waals surface area contributed by atoms with Gasteiger partial charge in [0.2, 0.25) is 0 Å². The van der Waals surface area contributed by atoms with E-state index in [-0.39, 0.29) is 5.92 Å². The molecule has 2 N–H and O–H groups in total. The average Bonchev–Trinajstić information content (AvgIpc) is 2.30. The number of rotatable bonds is 2. The van der Waals surface area contributed by atoms with Gasteiger partial charge in [-0.3, -0.25) is 9.69 Å². The van der Waals surface area contributed by atoms with Crippen LogP contribution in [0.5, 0.6) is 0 Å². The van der Waals surface area contributed by atoms with Crippen LogP contribution in [-0.2, 0) is 4.79 Å². The van der Waals surface area contributed by atoms with Gasteiger partial charge in [0.15, 0.2) is 0 Å². The third-order valence-electron chi connectivity index (χ3n) is 3.27. The Morgan fingerprint density at radius 2 is 2.13 bits per heavy atom. The first-order valence-corrected chi connectivity index (χ1v) is 5.61. The van der Waals surface area contributed by atoms with E-state index >= 15 is 0 Å². The second-order valence-corrected chi connectivity index (χ2v) is 4.29. The predicted molar refractivity (Wildman–Crippen MR) is 57.7 cm³/mol. The number of aliphatic carboxylic acids is 1. The highest BCUT2D eigenvalue weighted by Crippen LogP contribution is 2.22. The molecule has 1 heterocycles. The van der Waals surface area contributed by atoms with Crippen LogP contribution in [0.4, 0.5) is 0 Å². The molecule has 1 fully saturated rings. The lowest BCUT2D eigenvalue weighted by Gasteiger charge is -2.36. The van der Waals surface area contributed by atoms with E-state index in [0.29, 0.717) is 12.5 Å². The normalized spacial score (nSPS) is 32.8. The molecule has 0 aromatic carbocycles. The van der Waals surface area contributed by atoms with Crippen molar-refractivity contribution in [2.75, 3.05) is 26.2 Å². The standard InChI is InChI=1S/C11H18N2O2/c14-11(15)9-2-1-3-10(8-9)13-6-4-12-5-7-13/h1,3,9-10,12H,2,4-8H2,(H,14,15). The molecule has 15 heavy (non-hydrogen) atoms. The fraction of sp³-hybridized carbons (Fsp3) is 0.727. The SMILES string of the molecule is O=C(O)C1CC=CC(N2CCNCC2)C1. The molecule has 4 nitrogen and oxygen atoms in total. The Morgan fingerprint density at radius 3 is 2.80 bits per heavy atom. The summed E-state index contributed by atoms with van der Waals surface area (Å²) >= 11 is 0. The molecule has 1 aliphatic carbocycles. The molecule has 84 valence electrons. The second-order valence-electron chi connectivity index (χ2n) is 4.29. The highest BCUT2D eigenvalue weighted by Gasteiger charge is 2.27. The molecule has 0 bridgehead atoms. The van der Waals surface area contributed by atoms with Crippen molar-refractivity contribution in [3.05, 3.63) is 12.2 Å². The molecule has 1 aliphatic heterocycles. The smallest absolute Gasteiger partial charge is 0.306 e. The van der Waals surface area contributed by atoms with Crippen LogP contribution in [-0.4, -0.2) is 48.2 Å². The molecule has 0 aromatic heterocycles. The molecule has 2 atom stereocenters. The highest BCUT2D eigenvalue weighted by atomic mass is 16.4. The molecular weight excluding hydrogens is 192 g/mol. The summed E-state index contributed by atoms with van der Waals surface area (Å²) in [6.07, 6.45) is 5.66. The number of allylic oxidation sites excluding steroid dienone is 1. The lowest BCUT2D eigenvalue weighted by Crippen LogP contribution is -2.49. The predicted octanol–water partition coefficient (Wildman–Crippen LogP) is 0.311. The monoisotopic (exact) mass is 210 g/mol. The molecule has 0 saturated carbocycles. The highest BCUT2D eigenvalue weighted by molar-refractivity contribution is 5.70. The van der Waals surface area contributed by atoms with Gasteiger partial charge in [-0.25, -0.2) is 0 Å². The maximum atomic E-state index is 10.9. The van der Waals surface area contributed by atoms with Crippen molar-refractivity contribution in [3.8, 4) is 0 Å². The minimum absolute atomic E-state index is 0.185. The van der Waals surface area contributed by atoms with E-state index in [4.69, 9.17) is 5.11 Å². The van der Waals surface area contributed by atoms with Gasteiger partial charge in [0.1, 0.15) is 0 Å². The summed E-state index contributed by atoms with van der Waals surface area (Å²) < 4.78 is 0. The summed E-state index contributed by atoms with van der Waals surface area (Å²) in [5.74, 6) is -0.839. The van der Waals surface area contributed by atoms with E-state index in [9.17, 15) is 4.79 Å². The van der Waals surface area contributed by atoms with Gasteiger partial charge < -0.3 is 10.4 Å². The molecular formula is C11H18N2O2. The first kappa shape index (κ1) is 10.6. The van der Waals surface area contributed by atoms with Crippen LogP contribution in [0.2, 0.25) is 0 Å². The van der Waals surface area contributed by atoms with Crippen molar-refractivity contribution in [3.63, 3.8) is 0 Å². The average molecular weight is 210 g/mol. The molecule has 1 saturated heterocycles. The van der Waals surface area contributed by atoms with Crippen LogP contribution in [0.1, 0.15) is 12.8 Å². The fourth-order valence-corrected chi connectivity index (χ4v) is 2.35. The minimum atomic E-state index is -0.653. The Kier molecular flexibility index (Phi) is 3.38. The Bertz CT molecular complexity index is 259. The number of nitrogens with zero attached hydrogens (tertiary/aromatic N) is 1. The number of hydrogen-bond donors (Lipinski definition) is 2. The van der Waals surface area contributed by atoms with Gasteiger partial charge in [-0.1, -0.05) is 12.2 Å². The van der Waals surface area contributed by atoms with Gasteiger partial charge in [0, 0.05) is 32.2 Å². The van der Waals surface area contributed by atoms with Crippen LogP contribution in [0.3, 0.4) is 0 Å². The van der Waals surface area contributed by atoms with Crippen molar-refractivity contribution in [2.24, 2.45) is 5.92 Å². The molecule has 0 amide bonds. The Balaban J connectivity index is 1.94. The summed E-state index contributed by atoms with van der Waals surface area (Å²) in [4.78, 5) is 13.3. The molecule has 0 radical (unpaired) electrons. The molecule has 2 rings (SSSR count). The molecule has 0 spiro atoms. The van der Waals surface area contributed by atoms with Crippen molar-refractivity contribution in [1.29, 1.82) is 0 Å². The van der Waals surface area contributed by atoms with E-state index in [2.05, 4.69) is 16.3 Å². The van der Waals surface area contributed by atoms with Gasteiger partial charge in [-0.2, -0.15) is 0 Å². The van der Waals surface area contributed by atoms with E-state index in [1.54, 1.807) is 0 Å². The van der Waals surface area contributed by atoms with Crippen LogP contribution >= 0.6 is 0 Å². The lowest BCUT2D eigenvalue weighted by atomic mass is 9.90. The number of carboxylic acid groups (broad SMARTS) is 1. The zero-order valence-electron chi connectivity index (χ0n) is 8.85. The molecule has 0 aromatic rings. The van der Waals surface area contributed by atoms with Crippen molar-refractivity contribution in [2.45, 2.75) is 18.9 Å². The second kappa shape index (κ2) is 4.77. The fourth-order valence-electron chi connectivity index (χ4n) is 2.35. The van der Waals surface area contributed by atoms with Gasteiger partial charge in [-0.15, -0.1) is 0 Å². The molecule has 2 unspecified atom stereocenters. The summed E-state index contributed by atoms with van der Waals surface area (Å²) in [6, 6.07) is 0.335. The number of carboxylic acids is 1. The van der Waals surface area contributed by atoms with E-state index in [1.807, 2.05) is 6.08 Å². The van der Waals surface area contributed by atoms with Crippen LogP contribution < -0.4 is 5.32 Å². The molecule has 2 aliphatic rings. The van der Waals surface area contributed by atoms with E-state index in [1.165, 1.54) is 0 Å². The van der Waals surface area contributed by atoms with Crippen LogP contribution in [0.15, 0.2) is 12.2 Å². The maximum Gasteiger partial charge on any atom is 0.306 e. The summed E-state index contributed by atoms with van der Waals surface area (Å²) in [5.41, 5.74) is 0. The Hall–Kier alpha value is -0.870. The number of hydrogen-bond acceptors (Lipinski definition) is 3. The summed E-state index contributed by atoms with van der Waals surface area (Å²) in [5, 5.41) is 12.3. The number of carbonyl (C=O) groups is 1. The number of nitrogens with one attached hydrogen (secondary N) is 1. The van der Waals surface area contributed by atoms with Gasteiger partial charge in [0.25, 0.3) is 0 Å².